The first-order valence-corrected chi connectivity index (χ1v) is 7.70. The number of hydrogen-bond donors (Lipinski definition) is 1. The highest BCUT2D eigenvalue weighted by Crippen LogP contribution is 2.31. The average Bonchev–Trinajstić information content (AvgIpc) is 2.61. The fraction of sp³-hybridized carbons (Fsp3) is 0.167. The van der Waals surface area contributed by atoms with E-state index in [1.165, 1.54) is 26.2 Å². The van der Waals surface area contributed by atoms with Crippen molar-refractivity contribution in [3.63, 3.8) is 0 Å². The molecule has 0 spiro atoms. The molecule has 0 fully saturated rings. The number of amides is 1. The zero-order chi connectivity index (χ0) is 18.4. The molecule has 2 aromatic carbocycles. The predicted octanol–water partition coefficient (Wildman–Crippen LogP) is 3.35. The van der Waals surface area contributed by atoms with Crippen LogP contribution in [0.4, 0.5) is 5.69 Å². The van der Waals surface area contributed by atoms with E-state index in [2.05, 4.69) is 5.32 Å². The van der Waals surface area contributed by atoms with Crippen LogP contribution in [0.15, 0.2) is 42.5 Å². The summed E-state index contributed by atoms with van der Waals surface area (Å²) >= 11 is 6.06. The summed E-state index contributed by atoms with van der Waals surface area (Å²) in [5, 5.41) is 2.68. The monoisotopic (exact) mass is 361 g/mol. The van der Waals surface area contributed by atoms with Gasteiger partial charge in [-0.3, -0.25) is 9.59 Å². The highest BCUT2D eigenvalue weighted by molar-refractivity contribution is 6.34. The van der Waals surface area contributed by atoms with Gasteiger partial charge in [-0.05, 0) is 6.07 Å². The molecule has 0 atom stereocenters. The minimum atomic E-state index is -0.752. The van der Waals surface area contributed by atoms with Crippen LogP contribution in [-0.2, 0) is 9.53 Å². The molecule has 0 heterocycles. The molecule has 0 saturated heterocycles. The van der Waals surface area contributed by atoms with Crippen molar-refractivity contribution in [2.45, 2.75) is 6.92 Å². The minimum absolute atomic E-state index is 0.0578. The second kappa shape index (κ2) is 8.30. The number of anilines is 1. The molecule has 0 aliphatic heterocycles. The van der Waals surface area contributed by atoms with Gasteiger partial charge in [-0.15, -0.1) is 0 Å². The summed E-state index contributed by atoms with van der Waals surface area (Å²) in [4.78, 5) is 35.4. The number of nitrogens with one attached hydrogen (secondary N) is 1. The molecule has 0 aromatic heterocycles. The predicted molar refractivity (Wildman–Crippen MR) is 93.4 cm³/mol. The lowest BCUT2D eigenvalue weighted by Crippen LogP contribution is -2.15. The smallest absolute Gasteiger partial charge is 0.342 e. The lowest BCUT2D eigenvalue weighted by molar-refractivity contribution is -0.114. The Balaban J connectivity index is 2.14. The Morgan fingerprint density at radius 3 is 2.40 bits per heavy atom. The van der Waals surface area contributed by atoms with Gasteiger partial charge in [0.05, 0.1) is 17.8 Å². The third kappa shape index (κ3) is 4.81. The standard InChI is InChI=1S/C18H16ClNO5/c1-11(21)20-15-9-17(24-2)13(8-14(15)19)18(23)25-10-16(22)12-6-4-3-5-7-12/h3-9H,10H2,1-2H3,(H,20,21). The van der Waals surface area contributed by atoms with Crippen LogP contribution in [0.2, 0.25) is 5.02 Å². The first-order valence-electron chi connectivity index (χ1n) is 7.33. The van der Waals surface area contributed by atoms with Gasteiger partial charge in [-0.2, -0.15) is 0 Å². The maximum absolute atomic E-state index is 12.2. The number of rotatable bonds is 6. The topological polar surface area (TPSA) is 81.7 Å². The van der Waals surface area contributed by atoms with Crippen molar-refractivity contribution >= 4 is 34.9 Å². The molecule has 2 aromatic rings. The number of benzene rings is 2. The Kier molecular flexibility index (Phi) is 6.14. The summed E-state index contributed by atoms with van der Waals surface area (Å²) in [5.41, 5.74) is 0.812. The summed E-state index contributed by atoms with van der Waals surface area (Å²) in [6.07, 6.45) is 0. The maximum Gasteiger partial charge on any atom is 0.342 e. The summed E-state index contributed by atoms with van der Waals surface area (Å²) in [7, 11) is 1.37. The Labute approximate surface area is 149 Å². The number of methoxy groups -OCH3 is 1. The fourth-order valence-corrected chi connectivity index (χ4v) is 2.29. The number of Topliss-reactive ketones (excluding diaryl/α,β-unsaturated/α-hetero) is 1. The number of ether oxygens (including phenoxy) is 2. The molecule has 2 rings (SSSR count). The number of carbonyl (C=O) groups is 3. The second-order valence-corrected chi connectivity index (χ2v) is 5.49. The van der Waals surface area contributed by atoms with Crippen molar-refractivity contribution in [1.29, 1.82) is 0 Å². The lowest BCUT2D eigenvalue weighted by Gasteiger charge is -2.12. The van der Waals surface area contributed by atoms with Crippen molar-refractivity contribution in [3.8, 4) is 5.75 Å². The van der Waals surface area contributed by atoms with E-state index in [4.69, 9.17) is 21.1 Å². The second-order valence-electron chi connectivity index (χ2n) is 5.08. The molecular weight excluding hydrogens is 346 g/mol. The Morgan fingerprint density at radius 2 is 1.80 bits per heavy atom. The SMILES string of the molecule is COc1cc(NC(C)=O)c(Cl)cc1C(=O)OCC(=O)c1ccccc1. The normalized spacial score (nSPS) is 10.0. The van der Waals surface area contributed by atoms with E-state index in [1.54, 1.807) is 30.3 Å². The van der Waals surface area contributed by atoms with E-state index in [1.807, 2.05) is 0 Å². The van der Waals surface area contributed by atoms with Gasteiger partial charge in [0.25, 0.3) is 0 Å². The number of carbonyl (C=O) groups excluding carboxylic acids is 3. The van der Waals surface area contributed by atoms with Crippen molar-refractivity contribution in [2.24, 2.45) is 0 Å². The summed E-state index contributed by atoms with van der Waals surface area (Å²) in [6.45, 7) is 0.928. The Morgan fingerprint density at radius 1 is 1.12 bits per heavy atom. The number of hydrogen-bond acceptors (Lipinski definition) is 5. The van der Waals surface area contributed by atoms with Crippen molar-refractivity contribution in [2.75, 3.05) is 19.0 Å². The van der Waals surface area contributed by atoms with E-state index in [-0.39, 0.29) is 28.0 Å². The van der Waals surface area contributed by atoms with Crippen LogP contribution >= 0.6 is 11.6 Å². The number of ketones is 1. The molecular formula is C18H16ClNO5. The maximum atomic E-state index is 12.2. The van der Waals surface area contributed by atoms with Gasteiger partial charge in [0.2, 0.25) is 5.91 Å². The van der Waals surface area contributed by atoms with Crippen molar-refractivity contribution in [1.82, 2.24) is 0 Å². The molecule has 0 bridgehead atoms. The van der Waals surface area contributed by atoms with E-state index in [0.29, 0.717) is 11.3 Å². The zero-order valence-electron chi connectivity index (χ0n) is 13.7. The van der Waals surface area contributed by atoms with Gasteiger partial charge < -0.3 is 14.8 Å². The average molecular weight is 362 g/mol. The molecule has 25 heavy (non-hydrogen) atoms. The van der Waals surface area contributed by atoms with Crippen molar-refractivity contribution < 1.29 is 23.9 Å². The van der Waals surface area contributed by atoms with E-state index < -0.39 is 12.6 Å². The fourth-order valence-electron chi connectivity index (χ4n) is 2.08. The van der Waals surface area contributed by atoms with Crippen LogP contribution in [0.1, 0.15) is 27.6 Å². The first kappa shape index (κ1) is 18.5. The molecule has 7 heteroatoms. The summed E-state index contributed by atoms with van der Waals surface area (Å²) in [6, 6.07) is 11.2. The molecule has 6 nitrogen and oxygen atoms in total. The summed E-state index contributed by atoms with van der Waals surface area (Å²) in [5.74, 6) is -1.22. The van der Waals surface area contributed by atoms with Gasteiger partial charge >= 0.3 is 5.97 Å². The van der Waals surface area contributed by atoms with E-state index in [9.17, 15) is 14.4 Å². The van der Waals surface area contributed by atoms with Crippen LogP contribution in [0.25, 0.3) is 0 Å². The molecule has 0 radical (unpaired) electrons. The molecule has 0 saturated carbocycles. The van der Waals surface area contributed by atoms with Crippen LogP contribution in [0.3, 0.4) is 0 Å². The number of halogens is 1. The highest BCUT2D eigenvalue weighted by atomic mass is 35.5. The van der Waals surface area contributed by atoms with Crippen LogP contribution in [0, 0.1) is 0 Å². The Hall–Kier alpha value is -2.86. The number of esters is 1. The van der Waals surface area contributed by atoms with Crippen LogP contribution in [0.5, 0.6) is 5.75 Å². The van der Waals surface area contributed by atoms with Gasteiger partial charge in [-0.25, -0.2) is 4.79 Å². The first-order chi connectivity index (χ1) is 11.9. The Bertz CT molecular complexity index is 805. The van der Waals surface area contributed by atoms with Gasteiger partial charge in [0.1, 0.15) is 11.3 Å². The molecule has 1 amide bonds. The van der Waals surface area contributed by atoms with Gasteiger partial charge in [-0.1, -0.05) is 41.9 Å². The summed E-state index contributed by atoms with van der Waals surface area (Å²) < 4.78 is 10.2. The van der Waals surface area contributed by atoms with Crippen LogP contribution < -0.4 is 10.1 Å². The molecule has 0 aliphatic carbocycles. The largest absolute Gasteiger partial charge is 0.496 e. The van der Waals surface area contributed by atoms with Crippen LogP contribution in [-0.4, -0.2) is 31.4 Å². The molecule has 0 aliphatic rings. The third-order valence-corrected chi connectivity index (χ3v) is 3.56. The minimum Gasteiger partial charge on any atom is -0.496 e. The lowest BCUT2D eigenvalue weighted by atomic mass is 10.1. The van der Waals surface area contributed by atoms with Crippen molar-refractivity contribution in [3.05, 3.63) is 58.6 Å². The molecule has 130 valence electrons. The molecule has 1 N–H and O–H groups in total. The molecule has 0 unspecified atom stereocenters. The van der Waals surface area contributed by atoms with E-state index >= 15 is 0 Å². The van der Waals surface area contributed by atoms with Gasteiger partial charge in [0, 0.05) is 18.6 Å². The zero-order valence-corrected chi connectivity index (χ0v) is 14.4. The van der Waals surface area contributed by atoms with Gasteiger partial charge in [0.15, 0.2) is 12.4 Å². The quantitative estimate of drug-likeness (QED) is 0.630. The highest BCUT2D eigenvalue weighted by Gasteiger charge is 2.19. The van der Waals surface area contributed by atoms with E-state index in [0.717, 1.165) is 0 Å². The third-order valence-electron chi connectivity index (χ3n) is 3.25.